The Morgan fingerprint density at radius 2 is 2.07 bits per heavy atom. The second kappa shape index (κ2) is 4.33. The molecule has 0 aromatic rings. The molecule has 1 unspecified atom stereocenters. The second-order valence-corrected chi connectivity index (χ2v) is 5.26. The Morgan fingerprint density at radius 3 is 2.57 bits per heavy atom. The van der Waals surface area contributed by atoms with Crippen LogP contribution in [0.4, 0.5) is 0 Å². The molecule has 1 saturated carbocycles. The van der Waals surface area contributed by atoms with Crippen LogP contribution in [-0.4, -0.2) is 13.1 Å². The molecule has 3 atom stereocenters. The summed E-state index contributed by atoms with van der Waals surface area (Å²) in [6.45, 7) is 6.81. The first-order valence-electron chi connectivity index (χ1n) is 5.54. The molecular formula is C12H22O2. The minimum absolute atomic E-state index is 0.0609. The number of carbonyl (C=O) groups excluding carboxylic acids is 1. The van der Waals surface area contributed by atoms with Crippen LogP contribution in [0.2, 0.25) is 0 Å². The molecule has 1 rings (SSSR count). The van der Waals surface area contributed by atoms with Crippen LogP contribution in [0.3, 0.4) is 0 Å². The van der Waals surface area contributed by atoms with E-state index in [4.69, 9.17) is 4.74 Å². The minimum Gasteiger partial charge on any atom is -0.469 e. The zero-order valence-corrected chi connectivity index (χ0v) is 9.80. The number of hydrogen-bond donors (Lipinski definition) is 0. The van der Waals surface area contributed by atoms with Gasteiger partial charge in [0.15, 0.2) is 0 Å². The zero-order valence-electron chi connectivity index (χ0n) is 9.80. The Bertz CT molecular complexity index is 212. The molecule has 0 radical (unpaired) electrons. The van der Waals surface area contributed by atoms with Crippen molar-refractivity contribution in [3.8, 4) is 0 Å². The number of esters is 1. The molecular weight excluding hydrogens is 176 g/mol. The quantitative estimate of drug-likeness (QED) is 0.637. The molecule has 1 fully saturated rings. The SMILES string of the molecule is COC(=O)C[C@]1(C)CCC(C)[C@@H](C)C1. The molecule has 0 N–H and O–H groups in total. The van der Waals surface area contributed by atoms with Crippen LogP contribution in [0, 0.1) is 17.3 Å². The highest BCUT2D eigenvalue weighted by Gasteiger charge is 2.35. The summed E-state index contributed by atoms with van der Waals surface area (Å²) in [7, 11) is 1.47. The van der Waals surface area contributed by atoms with Gasteiger partial charge in [-0.3, -0.25) is 4.79 Å². The summed E-state index contributed by atoms with van der Waals surface area (Å²) in [6.07, 6.45) is 4.14. The molecule has 0 amide bonds. The third-order valence-electron chi connectivity index (χ3n) is 3.79. The van der Waals surface area contributed by atoms with Crippen molar-refractivity contribution in [1.29, 1.82) is 0 Å². The topological polar surface area (TPSA) is 26.3 Å². The van der Waals surface area contributed by atoms with Gasteiger partial charge in [-0.25, -0.2) is 0 Å². The van der Waals surface area contributed by atoms with E-state index in [0.29, 0.717) is 6.42 Å². The van der Waals surface area contributed by atoms with Gasteiger partial charge in [0.25, 0.3) is 0 Å². The lowest BCUT2D eigenvalue weighted by molar-refractivity contribution is -0.144. The highest BCUT2D eigenvalue weighted by Crippen LogP contribution is 2.44. The predicted molar refractivity (Wildman–Crippen MR) is 56.9 cm³/mol. The third-order valence-corrected chi connectivity index (χ3v) is 3.79. The van der Waals surface area contributed by atoms with Crippen molar-refractivity contribution in [2.75, 3.05) is 7.11 Å². The largest absolute Gasteiger partial charge is 0.469 e. The number of hydrogen-bond acceptors (Lipinski definition) is 2. The van der Waals surface area contributed by atoms with Crippen LogP contribution in [0.5, 0.6) is 0 Å². The van der Waals surface area contributed by atoms with E-state index in [1.165, 1.54) is 13.5 Å². The summed E-state index contributed by atoms with van der Waals surface area (Å²) in [5, 5.41) is 0. The highest BCUT2D eigenvalue weighted by molar-refractivity contribution is 5.70. The Labute approximate surface area is 87.0 Å². The van der Waals surface area contributed by atoms with Crippen LogP contribution >= 0.6 is 0 Å². The van der Waals surface area contributed by atoms with Gasteiger partial charge in [-0.1, -0.05) is 20.8 Å². The molecule has 0 spiro atoms. The molecule has 82 valence electrons. The van der Waals surface area contributed by atoms with Gasteiger partial charge < -0.3 is 4.74 Å². The summed E-state index contributed by atoms with van der Waals surface area (Å²) in [5.74, 6) is 1.48. The van der Waals surface area contributed by atoms with E-state index in [-0.39, 0.29) is 11.4 Å². The van der Waals surface area contributed by atoms with Crippen molar-refractivity contribution in [2.45, 2.75) is 46.5 Å². The van der Waals surface area contributed by atoms with Gasteiger partial charge in [-0.15, -0.1) is 0 Å². The van der Waals surface area contributed by atoms with Crippen molar-refractivity contribution in [3.05, 3.63) is 0 Å². The van der Waals surface area contributed by atoms with E-state index in [1.807, 2.05) is 0 Å². The third kappa shape index (κ3) is 2.73. The molecule has 2 nitrogen and oxygen atoms in total. The van der Waals surface area contributed by atoms with Crippen molar-refractivity contribution < 1.29 is 9.53 Å². The van der Waals surface area contributed by atoms with E-state index >= 15 is 0 Å². The van der Waals surface area contributed by atoms with Crippen LogP contribution in [0.25, 0.3) is 0 Å². The van der Waals surface area contributed by atoms with Gasteiger partial charge in [0.2, 0.25) is 0 Å². The first kappa shape index (κ1) is 11.5. The lowest BCUT2D eigenvalue weighted by Crippen LogP contribution is -2.31. The number of methoxy groups -OCH3 is 1. The summed E-state index contributed by atoms with van der Waals surface area (Å²) in [5.41, 5.74) is 0.180. The molecule has 0 heterocycles. The van der Waals surface area contributed by atoms with Crippen molar-refractivity contribution >= 4 is 5.97 Å². The molecule has 14 heavy (non-hydrogen) atoms. The maximum atomic E-state index is 11.3. The minimum atomic E-state index is -0.0609. The molecule has 0 saturated heterocycles. The standard InChI is InChI=1S/C12H22O2/c1-9-5-6-12(3,7-10(9)2)8-11(13)14-4/h9-10H,5-8H2,1-4H3/t9?,10-,12+/m0/s1. The lowest BCUT2D eigenvalue weighted by atomic mass is 9.66. The van der Waals surface area contributed by atoms with Gasteiger partial charge in [-0.2, -0.15) is 0 Å². The summed E-state index contributed by atoms with van der Waals surface area (Å²) >= 11 is 0. The van der Waals surface area contributed by atoms with Crippen LogP contribution in [0.15, 0.2) is 0 Å². The Hall–Kier alpha value is -0.530. The maximum Gasteiger partial charge on any atom is 0.306 e. The molecule has 0 aliphatic heterocycles. The number of carbonyl (C=O) groups is 1. The smallest absolute Gasteiger partial charge is 0.306 e. The lowest BCUT2D eigenvalue weighted by Gasteiger charge is -2.39. The molecule has 1 aliphatic carbocycles. The number of ether oxygens (including phenoxy) is 1. The first-order chi connectivity index (χ1) is 6.47. The van der Waals surface area contributed by atoms with Gasteiger partial charge in [-0.05, 0) is 36.5 Å². The second-order valence-electron chi connectivity index (χ2n) is 5.26. The summed E-state index contributed by atoms with van der Waals surface area (Å²) in [4.78, 5) is 11.3. The van der Waals surface area contributed by atoms with Gasteiger partial charge in [0.1, 0.15) is 0 Å². The van der Waals surface area contributed by atoms with E-state index in [1.54, 1.807) is 0 Å². The van der Waals surface area contributed by atoms with E-state index in [0.717, 1.165) is 24.7 Å². The molecule has 2 heteroatoms. The molecule has 1 aliphatic rings. The zero-order chi connectivity index (χ0) is 10.8. The monoisotopic (exact) mass is 198 g/mol. The van der Waals surface area contributed by atoms with Crippen LogP contribution in [0.1, 0.15) is 46.5 Å². The summed E-state index contributed by atoms with van der Waals surface area (Å²) in [6, 6.07) is 0. The maximum absolute atomic E-state index is 11.3. The van der Waals surface area contributed by atoms with Crippen molar-refractivity contribution in [1.82, 2.24) is 0 Å². The Morgan fingerprint density at radius 1 is 1.43 bits per heavy atom. The fraction of sp³-hybridized carbons (Fsp3) is 0.917. The number of rotatable bonds is 2. The Balaban J connectivity index is 2.54. The predicted octanol–water partition coefficient (Wildman–Crippen LogP) is 3.01. The fourth-order valence-electron chi connectivity index (χ4n) is 2.52. The Kier molecular flexibility index (Phi) is 3.57. The fourth-order valence-corrected chi connectivity index (χ4v) is 2.52. The molecule has 0 aromatic carbocycles. The average molecular weight is 198 g/mol. The molecule has 0 bridgehead atoms. The van der Waals surface area contributed by atoms with Crippen LogP contribution < -0.4 is 0 Å². The average Bonchev–Trinajstić information content (AvgIpc) is 2.12. The van der Waals surface area contributed by atoms with Gasteiger partial charge >= 0.3 is 5.97 Å². The van der Waals surface area contributed by atoms with Crippen molar-refractivity contribution in [3.63, 3.8) is 0 Å². The first-order valence-corrected chi connectivity index (χ1v) is 5.54. The van der Waals surface area contributed by atoms with Gasteiger partial charge in [0.05, 0.1) is 13.5 Å². The molecule has 0 aromatic heterocycles. The van der Waals surface area contributed by atoms with E-state index < -0.39 is 0 Å². The van der Waals surface area contributed by atoms with E-state index in [2.05, 4.69) is 20.8 Å². The van der Waals surface area contributed by atoms with Crippen molar-refractivity contribution in [2.24, 2.45) is 17.3 Å². The van der Waals surface area contributed by atoms with Gasteiger partial charge in [0, 0.05) is 0 Å². The van der Waals surface area contributed by atoms with E-state index in [9.17, 15) is 4.79 Å². The highest BCUT2D eigenvalue weighted by atomic mass is 16.5. The van der Waals surface area contributed by atoms with Crippen LogP contribution in [-0.2, 0) is 9.53 Å². The summed E-state index contributed by atoms with van der Waals surface area (Å²) < 4.78 is 4.74. The normalized spacial score (nSPS) is 38.0.